The molecule has 7 aromatic carbocycles. The van der Waals surface area contributed by atoms with E-state index in [4.69, 9.17) is 28.7 Å². The van der Waals surface area contributed by atoms with Gasteiger partial charge in [-0.05, 0) is 183 Å². The van der Waals surface area contributed by atoms with Gasteiger partial charge in [-0.25, -0.2) is 4.98 Å². The van der Waals surface area contributed by atoms with Crippen LogP contribution in [0.25, 0.3) is 21.8 Å². The van der Waals surface area contributed by atoms with Crippen LogP contribution < -0.4 is 34.0 Å². The van der Waals surface area contributed by atoms with E-state index >= 15 is 43.2 Å². The first-order valence-electron chi connectivity index (χ1n) is 48.0. The van der Waals surface area contributed by atoms with E-state index in [1.54, 1.807) is 126 Å². The maximum absolute atomic E-state index is 16.1. The molecule has 0 spiro atoms. The zero-order valence-corrected chi connectivity index (χ0v) is 80.4. The molecule has 12 amide bonds. The fraction of sp³-hybridized carbons (Fsp3) is 0.419. The molecule has 3 aromatic heterocycles. The first kappa shape index (κ1) is 106. The summed E-state index contributed by atoms with van der Waals surface area (Å²) in [6.07, 6.45) is 11.7. The fourth-order valence-corrected chi connectivity index (χ4v) is 17.1. The molecule has 0 radical (unpaired) electrons. The van der Waals surface area contributed by atoms with E-state index in [0.717, 1.165) is 51.3 Å². The zero-order valence-electron chi connectivity index (χ0n) is 80.4. The molecular weight excluding hydrogens is 1750 g/mol. The van der Waals surface area contributed by atoms with Crippen molar-refractivity contribution in [3.05, 3.63) is 270 Å². The van der Waals surface area contributed by atoms with Gasteiger partial charge in [0.1, 0.15) is 26.2 Å². The minimum absolute atomic E-state index is 0.0116. The number of nitrogens with zero attached hydrogens (tertiary/aromatic N) is 12. The van der Waals surface area contributed by atoms with E-state index in [1.807, 2.05) is 128 Å². The van der Waals surface area contributed by atoms with Crippen molar-refractivity contribution in [2.75, 3.05) is 151 Å². The Balaban J connectivity index is 0.934. The van der Waals surface area contributed by atoms with Crippen LogP contribution in [0.1, 0.15) is 161 Å². The highest BCUT2D eigenvalue weighted by atomic mass is 16.2. The van der Waals surface area contributed by atoms with Gasteiger partial charge >= 0.3 is 0 Å². The van der Waals surface area contributed by atoms with Gasteiger partial charge in [0.25, 0.3) is 0 Å². The minimum Gasteiger partial charge on any atom is -0.368 e. The molecule has 10 rings (SSSR count). The van der Waals surface area contributed by atoms with Gasteiger partial charge in [-0.2, -0.15) is 0 Å². The van der Waals surface area contributed by atoms with Crippen LogP contribution in [0.3, 0.4) is 0 Å². The Labute approximate surface area is 809 Å². The standard InChI is InChI=1S/C105H139N21O12/c1-77(82-33-11-6-12-34-82)122(65-94(110)127)101(134)71-121(60-49-89-63-112-76-115-89)97(130)66-116(55-30-26-51-107)99(132)72-123(78(2)83-35-13-7-14-36-83)104(137)75-126(81(5)86-41-19-10-20-42-86)103(136)70-118(57-32-28-53-109)100(133)73-124(79(3)84-37-15-8-16-38-84)105(138)74-125(80(4)85-39-17-9-18-40-85)102(135)69-117(56-31-27-52-108)96(129)68-120(59-48-88-62-114-93-46-24-22-44-91(88)93)98(131)67-119(95(128)64-111-54-29-25-50-106)58-47-87-61-113-92-45-23-21-43-90(87)92/h6-24,33-46,61-63,76-81,111,113-114H,25-32,47-60,64-75,106-109H2,1-5H3,(H2,110,127)(H,112,115)/t77-,78-,79-,80-,81-/m0/s1. The molecule has 0 aliphatic rings. The Bertz CT molecular complexity index is 5520. The van der Waals surface area contributed by atoms with Gasteiger partial charge in [-0.1, -0.05) is 188 Å². The summed E-state index contributed by atoms with van der Waals surface area (Å²) in [6.45, 7) is 4.70. The van der Waals surface area contributed by atoms with Crippen molar-refractivity contribution in [1.82, 2.24) is 79.2 Å². The zero-order chi connectivity index (χ0) is 98.8. The second-order valence-corrected chi connectivity index (χ2v) is 35.1. The number of aromatic nitrogens is 4. The number of imidazole rings is 1. The first-order valence-corrected chi connectivity index (χ1v) is 48.0. The molecule has 0 saturated carbocycles. The molecule has 10 aromatic rings. The number of nitrogens with two attached hydrogens (primary N) is 5. The van der Waals surface area contributed by atoms with Gasteiger partial charge in [-0.15, -0.1) is 0 Å². The number of carbonyl (C=O) groups is 12. The normalized spacial score (nSPS) is 12.3. The predicted molar refractivity (Wildman–Crippen MR) is 534 cm³/mol. The van der Waals surface area contributed by atoms with E-state index < -0.39 is 161 Å². The Morgan fingerprint density at radius 1 is 0.297 bits per heavy atom. The molecule has 5 atom stereocenters. The molecule has 33 heteroatoms. The maximum Gasteiger partial charge on any atom is 0.243 e. The Morgan fingerprint density at radius 3 is 0.884 bits per heavy atom. The van der Waals surface area contributed by atoms with E-state index in [9.17, 15) is 14.4 Å². The number of H-pyrrole nitrogens is 3. The van der Waals surface area contributed by atoms with E-state index in [2.05, 4.69) is 25.3 Å². The van der Waals surface area contributed by atoms with Crippen LogP contribution in [0.15, 0.2) is 225 Å². The minimum atomic E-state index is -0.857. The number of rotatable bonds is 59. The molecule has 0 unspecified atom stereocenters. The lowest BCUT2D eigenvalue weighted by Gasteiger charge is -2.37. The van der Waals surface area contributed by atoms with E-state index in [0.29, 0.717) is 92.4 Å². The Hall–Kier alpha value is -13.7. The van der Waals surface area contributed by atoms with E-state index in [1.165, 1.54) is 60.2 Å². The molecule has 736 valence electrons. The third-order valence-corrected chi connectivity index (χ3v) is 25.5. The number of para-hydroxylation sites is 2. The van der Waals surface area contributed by atoms with Crippen LogP contribution in [0.4, 0.5) is 0 Å². The summed E-state index contributed by atoms with van der Waals surface area (Å²) in [5, 5.41) is 5.15. The van der Waals surface area contributed by atoms with Crippen LogP contribution >= 0.6 is 0 Å². The SMILES string of the molecule is C[C@@H](c1ccccc1)N(CC(N)=O)C(=O)CN(CCc1c[nH]cn1)C(=O)CN(CCCCN)C(=O)CN(C(=O)CN(C(=O)CN(CCCCN)C(=O)CN(C(=O)CN(C(=O)CN(CCCCN)C(=O)CN(CCc1c[nH]c2ccccc12)C(=O)CN(CCc1c[nH]c2ccccc12)C(=O)CNCCCCN)[C@@H](C)c1ccccc1)[C@@H](C)c1ccccc1)[C@@H](C)c1ccccc1)[C@@H](C)c1ccccc1. The van der Waals surface area contributed by atoms with Crippen molar-refractivity contribution in [3.8, 4) is 0 Å². The lowest BCUT2D eigenvalue weighted by molar-refractivity contribution is -0.151. The van der Waals surface area contributed by atoms with Crippen molar-refractivity contribution >= 4 is 92.7 Å². The van der Waals surface area contributed by atoms with Crippen molar-refractivity contribution in [3.63, 3.8) is 0 Å². The highest BCUT2D eigenvalue weighted by molar-refractivity contribution is 5.96. The lowest BCUT2D eigenvalue weighted by atomic mass is 10.0. The Morgan fingerprint density at radius 2 is 0.565 bits per heavy atom. The number of primary amides is 1. The van der Waals surface area contributed by atoms with Crippen LogP contribution in [0.5, 0.6) is 0 Å². The molecule has 14 N–H and O–H groups in total. The average molecular weight is 1890 g/mol. The maximum atomic E-state index is 16.1. The molecule has 0 aliphatic heterocycles. The largest absolute Gasteiger partial charge is 0.368 e. The number of carbonyl (C=O) groups excluding carboxylic acids is 12. The number of hydrogen-bond donors (Lipinski definition) is 9. The highest BCUT2D eigenvalue weighted by Crippen LogP contribution is 2.30. The number of fused-ring (bicyclic) bond motifs is 2. The van der Waals surface area contributed by atoms with Gasteiger partial charge in [0, 0.05) is 86.1 Å². The third-order valence-electron chi connectivity index (χ3n) is 25.5. The van der Waals surface area contributed by atoms with Gasteiger partial charge in [0.2, 0.25) is 70.9 Å². The van der Waals surface area contributed by atoms with Crippen LogP contribution in [0, 0.1) is 0 Å². The molecule has 33 nitrogen and oxygen atoms in total. The Kier molecular flexibility index (Phi) is 42.7. The van der Waals surface area contributed by atoms with E-state index in [-0.39, 0.29) is 84.3 Å². The second-order valence-electron chi connectivity index (χ2n) is 35.1. The van der Waals surface area contributed by atoms with Crippen LogP contribution in [0.2, 0.25) is 0 Å². The second kappa shape index (κ2) is 55.5. The molecular formula is C105H139N21O12. The van der Waals surface area contributed by atoms with Crippen molar-refractivity contribution < 1.29 is 57.5 Å². The lowest BCUT2D eigenvalue weighted by Crippen LogP contribution is -2.54. The monoisotopic (exact) mass is 1890 g/mol. The summed E-state index contributed by atoms with van der Waals surface area (Å²) < 4.78 is 0. The molecule has 0 fully saturated rings. The average Bonchev–Trinajstić information content (AvgIpc) is 1.18. The molecule has 3 heterocycles. The summed E-state index contributed by atoms with van der Waals surface area (Å²) in [5.74, 6) is -7.31. The molecule has 138 heavy (non-hydrogen) atoms. The molecule has 0 aliphatic carbocycles. The van der Waals surface area contributed by atoms with Crippen LogP contribution in [-0.4, -0.2) is 295 Å². The number of aromatic amines is 3. The van der Waals surface area contributed by atoms with Crippen molar-refractivity contribution in [2.45, 2.75) is 135 Å². The smallest absolute Gasteiger partial charge is 0.243 e. The quantitative estimate of drug-likeness (QED) is 0.0162. The van der Waals surface area contributed by atoms with Crippen molar-refractivity contribution in [2.24, 2.45) is 28.7 Å². The summed E-state index contributed by atoms with van der Waals surface area (Å²) in [7, 11) is 0. The van der Waals surface area contributed by atoms with Gasteiger partial charge in [0.05, 0.1) is 94.6 Å². The summed E-state index contributed by atoms with van der Waals surface area (Å²) in [4.78, 5) is 212. The summed E-state index contributed by atoms with van der Waals surface area (Å²) >= 11 is 0. The van der Waals surface area contributed by atoms with Gasteiger partial charge < -0.3 is 103 Å². The van der Waals surface area contributed by atoms with Gasteiger partial charge in [-0.3, -0.25) is 57.5 Å². The highest BCUT2D eigenvalue weighted by Gasteiger charge is 2.38. The topological polar surface area (TPSA) is 443 Å². The number of amides is 12. The summed E-state index contributed by atoms with van der Waals surface area (Å²) in [6, 6.07) is 56.8. The fourth-order valence-electron chi connectivity index (χ4n) is 17.1. The van der Waals surface area contributed by atoms with Crippen molar-refractivity contribution in [1.29, 1.82) is 0 Å². The molecule has 0 bridgehead atoms. The van der Waals surface area contributed by atoms with Gasteiger partial charge in [0.15, 0.2) is 0 Å². The van der Waals surface area contributed by atoms with Crippen LogP contribution in [-0.2, 0) is 76.8 Å². The number of benzene rings is 7. The number of nitrogens with one attached hydrogen (secondary N) is 4. The number of hydrogen-bond acceptors (Lipinski definition) is 18. The summed E-state index contributed by atoms with van der Waals surface area (Å²) in [5.41, 5.74) is 37.4. The third kappa shape index (κ3) is 31.7. The number of unbranched alkanes of at least 4 members (excludes halogenated alkanes) is 4. The molecule has 0 saturated heterocycles. The predicted octanol–water partition coefficient (Wildman–Crippen LogP) is 8.35. The first-order chi connectivity index (χ1) is 66.8.